The lowest BCUT2D eigenvalue weighted by Gasteiger charge is -2.03. The van der Waals surface area contributed by atoms with Crippen molar-refractivity contribution in [1.29, 1.82) is 0 Å². The van der Waals surface area contributed by atoms with E-state index in [0.29, 0.717) is 31.1 Å². The number of hydrogen-bond acceptors (Lipinski definition) is 5. The van der Waals surface area contributed by atoms with E-state index in [9.17, 15) is 14.9 Å². The molecule has 1 amide bonds. The number of aryl methyl sites for hydroxylation is 2. The summed E-state index contributed by atoms with van der Waals surface area (Å²) in [7, 11) is 0. The lowest BCUT2D eigenvalue weighted by Crippen LogP contribution is -2.26. The topological polar surface area (TPSA) is 108 Å². The fourth-order valence-corrected chi connectivity index (χ4v) is 2.01. The standard InChI is InChI=1S/C12H15ClN6O3/c1-2-17-8-10(19(21)22)11(16-17)12(20)14-4-3-5-18-7-9(13)6-15-18/h6-8H,2-5H2,1H3,(H,14,20). The Hall–Kier alpha value is -2.42. The van der Waals surface area contributed by atoms with Gasteiger partial charge >= 0.3 is 5.69 Å². The molecule has 0 saturated carbocycles. The number of nitrogens with zero attached hydrogens (tertiary/aromatic N) is 5. The summed E-state index contributed by atoms with van der Waals surface area (Å²) in [5, 5.41) is 22.0. The smallest absolute Gasteiger partial charge is 0.320 e. The second-order valence-electron chi connectivity index (χ2n) is 4.51. The number of amides is 1. The molecule has 0 radical (unpaired) electrons. The maximum Gasteiger partial charge on any atom is 0.320 e. The van der Waals surface area contributed by atoms with Gasteiger partial charge in [0, 0.05) is 25.8 Å². The van der Waals surface area contributed by atoms with Crippen LogP contribution in [0.15, 0.2) is 18.6 Å². The largest absolute Gasteiger partial charge is 0.350 e. The summed E-state index contributed by atoms with van der Waals surface area (Å²) in [5.74, 6) is -0.558. The molecule has 2 aromatic rings. The summed E-state index contributed by atoms with van der Waals surface area (Å²) in [6, 6.07) is 0. The van der Waals surface area contributed by atoms with E-state index in [1.165, 1.54) is 17.1 Å². The van der Waals surface area contributed by atoms with Crippen LogP contribution in [0.2, 0.25) is 5.02 Å². The quantitative estimate of drug-likeness (QED) is 0.471. The van der Waals surface area contributed by atoms with Crippen molar-refractivity contribution in [2.75, 3.05) is 6.54 Å². The zero-order valence-corrected chi connectivity index (χ0v) is 12.7. The van der Waals surface area contributed by atoms with E-state index in [0.717, 1.165) is 0 Å². The predicted molar refractivity (Wildman–Crippen MR) is 78.7 cm³/mol. The van der Waals surface area contributed by atoms with E-state index in [4.69, 9.17) is 11.6 Å². The molecule has 0 spiro atoms. The third kappa shape index (κ3) is 3.82. The first kappa shape index (κ1) is 16.0. The molecule has 0 aliphatic heterocycles. The summed E-state index contributed by atoms with van der Waals surface area (Å²) in [5.41, 5.74) is -0.466. The molecule has 10 heteroatoms. The van der Waals surface area contributed by atoms with Gasteiger partial charge in [0.1, 0.15) is 6.20 Å². The Kier molecular flexibility index (Phi) is 5.10. The Labute approximate surface area is 131 Å². The number of hydrogen-bond donors (Lipinski definition) is 1. The molecular formula is C12H15ClN6O3. The molecule has 2 rings (SSSR count). The first-order valence-corrected chi connectivity index (χ1v) is 7.07. The number of nitro groups is 1. The highest BCUT2D eigenvalue weighted by Crippen LogP contribution is 2.16. The van der Waals surface area contributed by atoms with Crippen molar-refractivity contribution >= 4 is 23.2 Å². The van der Waals surface area contributed by atoms with E-state index < -0.39 is 10.8 Å². The third-order valence-corrected chi connectivity index (χ3v) is 3.12. The molecule has 2 heterocycles. The SMILES string of the molecule is CCn1cc([N+](=O)[O-])c(C(=O)NCCCn2cc(Cl)cn2)n1. The molecule has 0 fully saturated rings. The molecule has 22 heavy (non-hydrogen) atoms. The van der Waals surface area contributed by atoms with Crippen LogP contribution in [0.5, 0.6) is 0 Å². The molecule has 0 atom stereocenters. The van der Waals surface area contributed by atoms with Gasteiger partial charge in [0.2, 0.25) is 5.69 Å². The molecule has 2 aromatic heterocycles. The lowest BCUT2D eigenvalue weighted by molar-refractivity contribution is -0.385. The van der Waals surface area contributed by atoms with Crippen LogP contribution in [0.4, 0.5) is 5.69 Å². The molecule has 0 aliphatic rings. The van der Waals surface area contributed by atoms with Crippen molar-refractivity contribution in [3.8, 4) is 0 Å². The summed E-state index contributed by atoms with van der Waals surface area (Å²) >= 11 is 5.74. The average Bonchev–Trinajstić information content (AvgIpc) is 3.09. The molecule has 0 aliphatic carbocycles. The van der Waals surface area contributed by atoms with Crippen LogP contribution in [0.25, 0.3) is 0 Å². The number of carbonyl (C=O) groups is 1. The predicted octanol–water partition coefficient (Wildman–Crippen LogP) is 1.48. The van der Waals surface area contributed by atoms with Crippen LogP contribution in [0, 0.1) is 10.1 Å². The summed E-state index contributed by atoms with van der Waals surface area (Å²) in [4.78, 5) is 22.3. The van der Waals surface area contributed by atoms with Crippen molar-refractivity contribution in [2.45, 2.75) is 26.4 Å². The number of aromatic nitrogens is 4. The molecular weight excluding hydrogens is 312 g/mol. The van der Waals surface area contributed by atoms with Crippen molar-refractivity contribution in [3.63, 3.8) is 0 Å². The average molecular weight is 327 g/mol. The van der Waals surface area contributed by atoms with Crippen molar-refractivity contribution in [2.24, 2.45) is 0 Å². The highest BCUT2D eigenvalue weighted by atomic mass is 35.5. The molecule has 118 valence electrons. The van der Waals surface area contributed by atoms with E-state index >= 15 is 0 Å². The number of rotatable bonds is 7. The highest BCUT2D eigenvalue weighted by molar-refractivity contribution is 6.30. The number of nitrogens with one attached hydrogen (secondary N) is 1. The van der Waals surface area contributed by atoms with Gasteiger partial charge in [0.05, 0.1) is 16.1 Å². The van der Waals surface area contributed by atoms with Gasteiger partial charge in [-0.2, -0.15) is 10.2 Å². The van der Waals surface area contributed by atoms with Crippen molar-refractivity contribution in [3.05, 3.63) is 39.4 Å². The van der Waals surface area contributed by atoms with Crippen molar-refractivity contribution < 1.29 is 9.72 Å². The molecule has 9 nitrogen and oxygen atoms in total. The Morgan fingerprint density at radius 3 is 2.82 bits per heavy atom. The zero-order chi connectivity index (χ0) is 16.1. The van der Waals surface area contributed by atoms with Gasteiger partial charge in [-0.05, 0) is 13.3 Å². The van der Waals surface area contributed by atoms with Gasteiger partial charge in [-0.15, -0.1) is 0 Å². The fourth-order valence-electron chi connectivity index (χ4n) is 1.86. The molecule has 0 saturated heterocycles. The highest BCUT2D eigenvalue weighted by Gasteiger charge is 2.24. The van der Waals surface area contributed by atoms with Gasteiger partial charge in [-0.25, -0.2) is 0 Å². The number of carbonyl (C=O) groups excluding carboxylic acids is 1. The maximum atomic E-state index is 12.0. The Bertz CT molecular complexity index is 680. The molecule has 0 unspecified atom stereocenters. The van der Waals surface area contributed by atoms with E-state index in [1.807, 2.05) is 0 Å². The first-order valence-electron chi connectivity index (χ1n) is 6.69. The van der Waals surface area contributed by atoms with Crippen LogP contribution in [-0.4, -0.2) is 36.9 Å². The van der Waals surface area contributed by atoms with Gasteiger partial charge in [-0.3, -0.25) is 24.3 Å². The van der Waals surface area contributed by atoms with Crippen LogP contribution >= 0.6 is 11.6 Å². The van der Waals surface area contributed by atoms with Gasteiger partial charge in [0.25, 0.3) is 5.91 Å². The summed E-state index contributed by atoms with van der Waals surface area (Å²) < 4.78 is 3.02. The normalized spacial score (nSPS) is 10.6. The van der Waals surface area contributed by atoms with Crippen LogP contribution in [-0.2, 0) is 13.1 Å². The Morgan fingerprint density at radius 2 is 2.23 bits per heavy atom. The van der Waals surface area contributed by atoms with Crippen LogP contribution in [0.3, 0.4) is 0 Å². The zero-order valence-electron chi connectivity index (χ0n) is 11.9. The minimum atomic E-state index is -0.611. The molecule has 1 N–H and O–H groups in total. The van der Waals surface area contributed by atoms with Gasteiger partial charge in [0.15, 0.2) is 0 Å². The molecule has 0 aromatic carbocycles. The van der Waals surface area contributed by atoms with E-state index in [1.54, 1.807) is 17.8 Å². The minimum Gasteiger partial charge on any atom is -0.350 e. The maximum absolute atomic E-state index is 12.0. The van der Waals surface area contributed by atoms with Crippen LogP contribution in [0.1, 0.15) is 23.8 Å². The van der Waals surface area contributed by atoms with Gasteiger partial charge in [-0.1, -0.05) is 11.6 Å². The van der Waals surface area contributed by atoms with E-state index in [2.05, 4.69) is 15.5 Å². The second-order valence-corrected chi connectivity index (χ2v) is 4.94. The number of halogens is 1. The minimum absolute atomic E-state index is 0.172. The Morgan fingerprint density at radius 1 is 1.45 bits per heavy atom. The van der Waals surface area contributed by atoms with E-state index in [-0.39, 0.29) is 11.4 Å². The first-order chi connectivity index (χ1) is 10.5. The van der Waals surface area contributed by atoms with Gasteiger partial charge < -0.3 is 5.32 Å². The fraction of sp³-hybridized carbons (Fsp3) is 0.417. The summed E-state index contributed by atoms with van der Waals surface area (Å²) in [6.07, 6.45) is 5.07. The summed E-state index contributed by atoms with van der Waals surface area (Å²) in [6.45, 7) is 3.17. The Balaban J connectivity index is 1.89. The second kappa shape index (κ2) is 7.03. The molecule has 0 bridgehead atoms. The third-order valence-electron chi connectivity index (χ3n) is 2.93. The van der Waals surface area contributed by atoms with Crippen LogP contribution < -0.4 is 5.32 Å². The lowest BCUT2D eigenvalue weighted by atomic mass is 10.3. The monoisotopic (exact) mass is 326 g/mol. The van der Waals surface area contributed by atoms with Crippen molar-refractivity contribution in [1.82, 2.24) is 24.9 Å².